The molecule has 0 aliphatic rings. The van der Waals surface area contributed by atoms with E-state index in [-0.39, 0.29) is 0 Å². The van der Waals surface area contributed by atoms with Gasteiger partial charge in [0.25, 0.3) is 0 Å². The van der Waals surface area contributed by atoms with Gasteiger partial charge in [-0.1, -0.05) is 20.8 Å². The van der Waals surface area contributed by atoms with Crippen LogP contribution in [0, 0.1) is 5.41 Å². The van der Waals surface area contributed by atoms with Crippen molar-refractivity contribution in [1.29, 1.82) is 0 Å². The molecule has 0 bridgehead atoms. The molecule has 0 heterocycles. The van der Waals surface area contributed by atoms with Crippen molar-refractivity contribution < 1.29 is 0 Å². The Bertz CT molecular complexity index is 105. The summed E-state index contributed by atoms with van der Waals surface area (Å²) in [6, 6.07) is 0. The fraction of sp³-hybridized carbons (Fsp3) is 1.00. The molecule has 0 amide bonds. The van der Waals surface area contributed by atoms with Crippen molar-refractivity contribution >= 4 is 11.8 Å². The third-order valence-electron chi connectivity index (χ3n) is 1.68. The fourth-order valence-corrected chi connectivity index (χ4v) is 2.18. The van der Waals surface area contributed by atoms with Gasteiger partial charge in [0.1, 0.15) is 0 Å². The van der Waals surface area contributed by atoms with Gasteiger partial charge in [0.15, 0.2) is 0 Å². The highest BCUT2D eigenvalue weighted by atomic mass is 32.2. The van der Waals surface area contributed by atoms with E-state index < -0.39 is 0 Å². The highest BCUT2D eigenvalue weighted by Gasteiger charge is 2.08. The maximum Gasteiger partial charge on any atom is 0.00662 e. The number of rotatable bonds is 5. The molecule has 0 aromatic rings. The predicted molar refractivity (Wildman–Crippen MR) is 60.0 cm³/mol. The molecule has 0 aliphatic carbocycles. The third-order valence-corrected chi connectivity index (χ3v) is 2.64. The summed E-state index contributed by atoms with van der Waals surface area (Å²) in [6.45, 7) is 8.12. The van der Waals surface area contributed by atoms with Crippen molar-refractivity contribution in [1.82, 2.24) is 4.90 Å². The highest BCUT2D eigenvalue weighted by molar-refractivity contribution is 7.99. The van der Waals surface area contributed by atoms with Crippen LogP contribution >= 0.6 is 11.8 Å². The molecule has 0 atom stereocenters. The molecule has 1 nitrogen and oxygen atoms in total. The molecule has 0 fully saturated rings. The predicted octanol–water partition coefficient (Wildman–Crippen LogP) is 2.72. The first-order chi connectivity index (χ1) is 5.42. The second kappa shape index (κ2) is 5.87. The Balaban J connectivity index is 3.12. The van der Waals surface area contributed by atoms with Gasteiger partial charge in [-0.05, 0) is 31.7 Å². The minimum atomic E-state index is 0.505. The smallest absolute Gasteiger partial charge is 0.00662 e. The van der Waals surface area contributed by atoms with Crippen LogP contribution in [0.15, 0.2) is 0 Å². The molecule has 74 valence electrons. The van der Waals surface area contributed by atoms with Gasteiger partial charge in [-0.25, -0.2) is 0 Å². The molecular weight excluding hydrogens is 166 g/mol. The Hall–Kier alpha value is 0.310. The molecule has 0 aromatic heterocycles. The van der Waals surface area contributed by atoms with Gasteiger partial charge in [-0.3, -0.25) is 0 Å². The van der Waals surface area contributed by atoms with Gasteiger partial charge in [-0.15, -0.1) is 0 Å². The molecule has 0 saturated carbocycles. The van der Waals surface area contributed by atoms with Crippen molar-refractivity contribution in [2.45, 2.75) is 27.2 Å². The second-order valence-corrected chi connectivity index (χ2v) is 5.95. The lowest BCUT2D eigenvalue weighted by Crippen LogP contribution is -2.15. The zero-order chi connectivity index (χ0) is 9.61. The van der Waals surface area contributed by atoms with Crippen molar-refractivity contribution in [3.8, 4) is 0 Å². The van der Waals surface area contributed by atoms with Crippen LogP contribution in [-0.2, 0) is 0 Å². The van der Waals surface area contributed by atoms with Crippen LogP contribution in [0.2, 0.25) is 0 Å². The number of thioether (sulfide) groups is 1. The Kier molecular flexibility index (Phi) is 6.02. The average molecular weight is 189 g/mol. The van der Waals surface area contributed by atoms with Crippen LogP contribution in [-0.4, -0.2) is 37.0 Å². The molecule has 0 rings (SSSR count). The zero-order valence-corrected chi connectivity index (χ0v) is 10.0. The Morgan fingerprint density at radius 3 is 2.08 bits per heavy atom. The fourth-order valence-electron chi connectivity index (χ4n) is 0.728. The highest BCUT2D eigenvalue weighted by Crippen LogP contribution is 2.21. The minimum absolute atomic E-state index is 0.505. The molecule has 0 aromatic carbocycles. The summed E-state index contributed by atoms with van der Waals surface area (Å²) in [5.41, 5.74) is 0.505. The number of hydrogen-bond acceptors (Lipinski definition) is 2. The van der Waals surface area contributed by atoms with Crippen molar-refractivity contribution in [3.05, 3.63) is 0 Å². The Morgan fingerprint density at radius 1 is 1.08 bits per heavy atom. The largest absolute Gasteiger partial charge is 0.309 e. The first-order valence-corrected chi connectivity index (χ1v) is 5.80. The molecule has 0 spiro atoms. The number of hydrogen-bond donors (Lipinski definition) is 0. The maximum absolute atomic E-state index is 2.31. The molecule has 12 heavy (non-hydrogen) atoms. The molecule has 0 saturated heterocycles. The molecule has 0 aliphatic heterocycles. The van der Waals surface area contributed by atoms with Gasteiger partial charge in [0.05, 0.1) is 0 Å². The van der Waals surface area contributed by atoms with Crippen LogP contribution in [0.25, 0.3) is 0 Å². The first-order valence-electron chi connectivity index (χ1n) is 4.64. The van der Waals surface area contributed by atoms with E-state index in [1.54, 1.807) is 0 Å². The lowest BCUT2D eigenvalue weighted by Gasteiger charge is -2.17. The first kappa shape index (κ1) is 12.3. The quantitative estimate of drug-likeness (QED) is 0.612. The van der Waals surface area contributed by atoms with Gasteiger partial charge in [-0.2, -0.15) is 11.8 Å². The van der Waals surface area contributed by atoms with Crippen LogP contribution in [0.1, 0.15) is 27.2 Å². The lowest BCUT2D eigenvalue weighted by atomic mass is 9.94. The number of nitrogens with zero attached hydrogens (tertiary/aromatic N) is 1. The molecular formula is C10H23NS. The summed E-state index contributed by atoms with van der Waals surface area (Å²) >= 11 is 2.07. The summed E-state index contributed by atoms with van der Waals surface area (Å²) in [7, 11) is 4.26. The van der Waals surface area contributed by atoms with Crippen LogP contribution < -0.4 is 0 Å². The van der Waals surface area contributed by atoms with Crippen molar-refractivity contribution in [3.63, 3.8) is 0 Å². The van der Waals surface area contributed by atoms with E-state index in [4.69, 9.17) is 0 Å². The summed E-state index contributed by atoms with van der Waals surface area (Å²) < 4.78 is 0. The summed E-state index contributed by atoms with van der Waals surface area (Å²) in [5.74, 6) is 2.57. The molecule has 2 heteroatoms. The van der Waals surface area contributed by atoms with Gasteiger partial charge >= 0.3 is 0 Å². The SMILES string of the molecule is CN(C)CCSCCC(C)(C)C. The van der Waals surface area contributed by atoms with Crippen LogP contribution in [0.4, 0.5) is 0 Å². The van der Waals surface area contributed by atoms with E-state index in [9.17, 15) is 0 Å². The van der Waals surface area contributed by atoms with Gasteiger partial charge < -0.3 is 4.90 Å². The average Bonchev–Trinajstić information content (AvgIpc) is 1.83. The van der Waals surface area contributed by atoms with Crippen LogP contribution in [0.3, 0.4) is 0 Å². The summed E-state index contributed by atoms with van der Waals surface area (Å²) in [6.07, 6.45) is 1.32. The summed E-state index contributed by atoms with van der Waals surface area (Å²) in [5, 5.41) is 0. The van der Waals surface area contributed by atoms with E-state index in [0.29, 0.717) is 5.41 Å². The Morgan fingerprint density at radius 2 is 1.67 bits per heavy atom. The second-order valence-electron chi connectivity index (χ2n) is 4.73. The minimum Gasteiger partial charge on any atom is -0.309 e. The van der Waals surface area contributed by atoms with E-state index in [2.05, 4.69) is 51.5 Å². The van der Waals surface area contributed by atoms with E-state index in [1.165, 1.54) is 24.5 Å². The van der Waals surface area contributed by atoms with Crippen molar-refractivity contribution in [2.75, 3.05) is 32.1 Å². The van der Waals surface area contributed by atoms with E-state index in [1.807, 2.05) is 0 Å². The van der Waals surface area contributed by atoms with Crippen molar-refractivity contribution in [2.24, 2.45) is 5.41 Å². The molecule has 0 radical (unpaired) electrons. The monoisotopic (exact) mass is 189 g/mol. The van der Waals surface area contributed by atoms with Gasteiger partial charge in [0, 0.05) is 12.3 Å². The normalized spacial score (nSPS) is 12.5. The lowest BCUT2D eigenvalue weighted by molar-refractivity contribution is 0.401. The summed E-state index contributed by atoms with van der Waals surface area (Å²) in [4.78, 5) is 2.24. The standard InChI is InChI=1S/C10H23NS/c1-10(2,3)6-8-12-9-7-11(4)5/h6-9H2,1-5H3. The Labute approximate surface area is 81.9 Å². The van der Waals surface area contributed by atoms with E-state index >= 15 is 0 Å². The third kappa shape index (κ3) is 10.3. The van der Waals surface area contributed by atoms with E-state index in [0.717, 1.165) is 0 Å². The topological polar surface area (TPSA) is 3.24 Å². The van der Waals surface area contributed by atoms with Crippen LogP contribution in [0.5, 0.6) is 0 Å². The molecule has 0 unspecified atom stereocenters. The maximum atomic E-state index is 2.31. The zero-order valence-electron chi connectivity index (χ0n) is 9.18. The molecule has 0 N–H and O–H groups in total. The van der Waals surface area contributed by atoms with Gasteiger partial charge in [0.2, 0.25) is 0 Å².